The van der Waals surface area contributed by atoms with Crippen molar-refractivity contribution in [1.29, 1.82) is 0 Å². The molecular weight excluding hydrogens is 378 g/mol. The minimum absolute atomic E-state index is 0.0333. The standard InChI is InChI=1S/C23H35N5O2/c1-6-8-13-25-21(29)18-11-9-17(10-12-18)14-27-22(24-7-2)28-16-20-26-15-19(30-20)23(3,4)5/h9-12,15H,6-8,13-14,16H2,1-5H3,(H,25,29)(H2,24,27,28). The van der Waals surface area contributed by atoms with Gasteiger partial charge in [-0.25, -0.2) is 9.98 Å². The number of oxazole rings is 1. The van der Waals surface area contributed by atoms with Crippen molar-refractivity contribution in [2.75, 3.05) is 13.1 Å². The molecule has 0 saturated heterocycles. The summed E-state index contributed by atoms with van der Waals surface area (Å²) in [5.74, 6) is 2.15. The topological polar surface area (TPSA) is 91.5 Å². The van der Waals surface area contributed by atoms with Crippen LogP contribution in [0.15, 0.2) is 39.9 Å². The van der Waals surface area contributed by atoms with Gasteiger partial charge in [-0.15, -0.1) is 0 Å². The highest BCUT2D eigenvalue weighted by Gasteiger charge is 2.19. The van der Waals surface area contributed by atoms with Gasteiger partial charge in [0.15, 0.2) is 5.96 Å². The van der Waals surface area contributed by atoms with E-state index in [0.29, 0.717) is 37.0 Å². The van der Waals surface area contributed by atoms with Gasteiger partial charge in [0.25, 0.3) is 5.91 Å². The van der Waals surface area contributed by atoms with Crippen LogP contribution in [0.2, 0.25) is 0 Å². The molecule has 0 unspecified atom stereocenters. The summed E-state index contributed by atoms with van der Waals surface area (Å²) in [6, 6.07) is 7.55. The molecule has 2 aromatic rings. The average Bonchev–Trinajstić information content (AvgIpc) is 3.20. The Balaban J connectivity index is 1.92. The quantitative estimate of drug-likeness (QED) is 0.331. The SMILES string of the molecule is CCCCNC(=O)c1ccc(CN=C(NCC)NCc2ncc(C(C)(C)C)o2)cc1. The molecule has 0 aliphatic carbocycles. The van der Waals surface area contributed by atoms with Crippen molar-refractivity contribution in [3.05, 3.63) is 53.2 Å². The molecule has 7 heteroatoms. The van der Waals surface area contributed by atoms with Gasteiger partial charge >= 0.3 is 0 Å². The smallest absolute Gasteiger partial charge is 0.251 e. The molecule has 1 aromatic carbocycles. The lowest BCUT2D eigenvalue weighted by molar-refractivity contribution is 0.0953. The van der Waals surface area contributed by atoms with E-state index in [4.69, 9.17) is 4.42 Å². The van der Waals surface area contributed by atoms with Crippen molar-refractivity contribution < 1.29 is 9.21 Å². The Hall–Kier alpha value is -2.83. The van der Waals surface area contributed by atoms with Crippen LogP contribution in [0, 0.1) is 0 Å². The van der Waals surface area contributed by atoms with Gasteiger partial charge in [0, 0.05) is 24.1 Å². The van der Waals surface area contributed by atoms with Crippen molar-refractivity contribution in [2.45, 2.75) is 66.0 Å². The summed E-state index contributed by atoms with van der Waals surface area (Å²) in [7, 11) is 0. The highest BCUT2D eigenvalue weighted by atomic mass is 16.4. The molecule has 0 aliphatic rings. The maximum atomic E-state index is 12.1. The molecule has 1 amide bonds. The number of unbranched alkanes of at least 4 members (excludes halogenated alkanes) is 1. The van der Waals surface area contributed by atoms with Gasteiger partial charge in [0.2, 0.25) is 5.89 Å². The number of carbonyl (C=O) groups is 1. The van der Waals surface area contributed by atoms with Crippen molar-refractivity contribution in [3.8, 4) is 0 Å². The highest BCUT2D eigenvalue weighted by molar-refractivity contribution is 5.94. The van der Waals surface area contributed by atoms with Crippen molar-refractivity contribution in [1.82, 2.24) is 20.9 Å². The van der Waals surface area contributed by atoms with Crippen molar-refractivity contribution in [2.24, 2.45) is 4.99 Å². The zero-order chi connectivity index (χ0) is 22.0. The van der Waals surface area contributed by atoms with Gasteiger partial charge in [0.1, 0.15) is 5.76 Å². The van der Waals surface area contributed by atoms with Gasteiger partial charge < -0.3 is 20.4 Å². The molecule has 7 nitrogen and oxygen atoms in total. The number of benzene rings is 1. The lowest BCUT2D eigenvalue weighted by Crippen LogP contribution is -2.36. The number of rotatable bonds is 9. The Bertz CT molecular complexity index is 819. The minimum Gasteiger partial charge on any atom is -0.443 e. The fraction of sp³-hybridized carbons (Fsp3) is 0.522. The van der Waals surface area contributed by atoms with E-state index in [-0.39, 0.29) is 11.3 Å². The van der Waals surface area contributed by atoms with E-state index in [1.807, 2.05) is 31.2 Å². The summed E-state index contributed by atoms with van der Waals surface area (Å²) < 4.78 is 5.82. The number of carbonyl (C=O) groups excluding carboxylic acids is 1. The number of aromatic nitrogens is 1. The van der Waals surface area contributed by atoms with Crippen LogP contribution in [-0.2, 0) is 18.5 Å². The number of aliphatic imine (C=N–C) groups is 1. The lowest BCUT2D eigenvalue weighted by atomic mass is 9.94. The largest absolute Gasteiger partial charge is 0.443 e. The van der Waals surface area contributed by atoms with Crippen LogP contribution in [0.5, 0.6) is 0 Å². The number of guanidine groups is 1. The molecule has 3 N–H and O–H groups in total. The van der Waals surface area contributed by atoms with Gasteiger partial charge in [-0.1, -0.05) is 46.2 Å². The zero-order valence-corrected chi connectivity index (χ0v) is 18.8. The number of hydrogen-bond donors (Lipinski definition) is 3. The van der Waals surface area contributed by atoms with Crippen LogP contribution in [0.1, 0.15) is 75.0 Å². The van der Waals surface area contributed by atoms with Crippen molar-refractivity contribution >= 4 is 11.9 Å². The fourth-order valence-corrected chi connectivity index (χ4v) is 2.65. The zero-order valence-electron chi connectivity index (χ0n) is 18.8. The van der Waals surface area contributed by atoms with E-state index in [0.717, 1.165) is 30.7 Å². The first-order chi connectivity index (χ1) is 14.3. The molecule has 2 rings (SSSR count). The first-order valence-electron chi connectivity index (χ1n) is 10.7. The lowest BCUT2D eigenvalue weighted by Gasteiger charge is -2.13. The van der Waals surface area contributed by atoms with Crippen LogP contribution in [0.3, 0.4) is 0 Å². The summed E-state index contributed by atoms with van der Waals surface area (Å²) in [6.07, 6.45) is 3.83. The number of nitrogens with zero attached hydrogens (tertiary/aromatic N) is 2. The molecule has 164 valence electrons. The number of nitrogens with one attached hydrogen (secondary N) is 3. The predicted molar refractivity (Wildman–Crippen MR) is 121 cm³/mol. The molecule has 1 aromatic heterocycles. The first kappa shape index (κ1) is 23.4. The van der Waals surface area contributed by atoms with E-state index < -0.39 is 0 Å². The van der Waals surface area contributed by atoms with E-state index >= 15 is 0 Å². The first-order valence-corrected chi connectivity index (χ1v) is 10.7. The second kappa shape index (κ2) is 11.4. The van der Waals surface area contributed by atoms with Crippen LogP contribution in [-0.4, -0.2) is 29.9 Å². The Morgan fingerprint density at radius 2 is 1.83 bits per heavy atom. The normalized spacial score (nSPS) is 12.0. The molecule has 30 heavy (non-hydrogen) atoms. The van der Waals surface area contributed by atoms with Gasteiger partial charge in [-0.3, -0.25) is 4.79 Å². The number of amides is 1. The summed E-state index contributed by atoms with van der Waals surface area (Å²) in [5, 5.41) is 9.40. The van der Waals surface area contributed by atoms with Crippen molar-refractivity contribution in [3.63, 3.8) is 0 Å². The second-order valence-corrected chi connectivity index (χ2v) is 8.22. The molecule has 0 aliphatic heterocycles. The molecule has 0 radical (unpaired) electrons. The third-order valence-electron chi connectivity index (χ3n) is 4.50. The van der Waals surface area contributed by atoms with Crippen LogP contribution < -0.4 is 16.0 Å². The summed E-state index contributed by atoms with van der Waals surface area (Å²) >= 11 is 0. The third-order valence-corrected chi connectivity index (χ3v) is 4.50. The van der Waals surface area contributed by atoms with Gasteiger partial charge in [-0.05, 0) is 31.0 Å². The van der Waals surface area contributed by atoms with Gasteiger partial charge in [-0.2, -0.15) is 0 Å². The summed E-state index contributed by atoms with van der Waals surface area (Å²) in [5.41, 5.74) is 1.63. The Morgan fingerprint density at radius 1 is 1.10 bits per heavy atom. The maximum absolute atomic E-state index is 12.1. The molecule has 0 bridgehead atoms. The second-order valence-electron chi connectivity index (χ2n) is 8.22. The summed E-state index contributed by atoms with van der Waals surface area (Å²) in [4.78, 5) is 21.0. The molecule has 0 fully saturated rings. The van der Waals surface area contributed by atoms with E-state index in [1.165, 1.54) is 0 Å². The Morgan fingerprint density at radius 3 is 2.43 bits per heavy atom. The molecular formula is C23H35N5O2. The molecule has 0 atom stereocenters. The highest BCUT2D eigenvalue weighted by Crippen LogP contribution is 2.22. The molecule has 0 spiro atoms. The monoisotopic (exact) mass is 413 g/mol. The fourth-order valence-electron chi connectivity index (χ4n) is 2.65. The molecule has 1 heterocycles. The third kappa shape index (κ3) is 7.54. The van der Waals surface area contributed by atoms with Crippen LogP contribution >= 0.6 is 0 Å². The number of hydrogen-bond acceptors (Lipinski definition) is 4. The Labute approximate surface area is 179 Å². The Kier molecular flexibility index (Phi) is 8.89. The van der Waals surface area contributed by atoms with Crippen LogP contribution in [0.4, 0.5) is 0 Å². The minimum atomic E-state index is -0.0666. The van der Waals surface area contributed by atoms with E-state index in [9.17, 15) is 4.79 Å². The van der Waals surface area contributed by atoms with E-state index in [2.05, 4.69) is 53.6 Å². The summed E-state index contributed by atoms with van der Waals surface area (Å²) in [6.45, 7) is 12.8. The van der Waals surface area contributed by atoms with Gasteiger partial charge in [0.05, 0.1) is 19.3 Å². The average molecular weight is 414 g/mol. The maximum Gasteiger partial charge on any atom is 0.251 e. The predicted octanol–water partition coefficient (Wildman–Crippen LogP) is 3.76. The molecule has 0 saturated carbocycles. The van der Waals surface area contributed by atoms with Crippen LogP contribution in [0.25, 0.3) is 0 Å². The van der Waals surface area contributed by atoms with E-state index in [1.54, 1.807) is 6.20 Å².